The number of hydrogen-bond acceptors (Lipinski definition) is 0. The van der Waals surface area contributed by atoms with Crippen molar-refractivity contribution in [3.63, 3.8) is 0 Å². The topological polar surface area (TPSA) is 0 Å². The molecule has 4 atom stereocenters. The van der Waals surface area contributed by atoms with Gasteiger partial charge in [-0.3, -0.25) is 0 Å². The van der Waals surface area contributed by atoms with Gasteiger partial charge in [0.15, 0.2) is 0 Å². The molecule has 0 saturated carbocycles. The molecule has 10 heteroatoms. The van der Waals surface area contributed by atoms with E-state index in [1.807, 2.05) is 0 Å². The fourth-order valence-electron chi connectivity index (χ4n) is 8.75. The second-order valence-corrected chi connectivity index (χ2v) is 26.6. The van der Waals surface area contributed by atoms with Crippen molar-refractivity contribution in [2.75, 3.05) is 0 Å². The molecule has 0 aliphatic carbocycles. The molecule has 8 rings (SSSR count). The maximum absolute atomic E-state index is 2.46. The van der Waals surface area contributed by atoms with Crippen LogP contribution in [0.4, 0.5) is 0 Å². The van der Waals surface area contributed by atoms with Crippen molar-refractivity contribution < 1.29 is 136 Å². The molecule has 0 unspecified atom stereocenters. The summed E-state index contributed by atoms with van der Waals surface area (Å²) in [5.41, 5.74) is 2.42. The van der Waals surface area contributed by atoms with Gasteiger partial charge >= 0.3 is 0 Å². The Morgan fingerprint density at radius 3 is 0.426 bits per heavy atom. The van der Waals surface area contributed by atoms with E-state index in [4.69, 9.17) is 0 Å². The van der Waals surface area contributed by atoms with Crippen LogP contribution in [-0.2, 0) is 40.2 Å². The van der Waals surface area contributed by atoms with E-state index in [0.717, 1.165) is 0 Å². The molecule has 2 radical (unpaired) electrons. The largest absolute Gasteiger partial charge is 1.00 e. The van der Waals surface area contributed by atoms with Crippen LogP contribution in [0.25, 0.3) is 0 Å². The third-order valence-corrected chi connectivity index (χ3v) is 22.6. The van der Waals surface area contributed by atoms with Crippen LogP contribution in [-0.4, -0.2) is 22.6 Å². The van der Waals surface area contributed by atoms with Crippen LogP contribution < -0.4 is 138 Å². The molecule has 0 amide bonds. The molecular weight excluding hydrogens is 1710 g/mol. The van der Waals surface area contributed by atoms with Crippen LogP contribution in [0.15, 0.2) is 243 Å². The third-order valence-electron chi connectivity index (χ3n) is 11.4. The van der Waals surface area contributed by atoms with Gasteiger partial charge in [0.2, 0.25) is 0 Å². The normalized spacial score (nSPS) is 12.1. The summed E-state index contributed by atoms with van der Waals surface area (Å²) in [6.07, 6.45) is 2.43. The van der Waals surface area contributed by atoms with E-state index >= 15 is 0 Å². The molecule has 0 nitrogen and oxygen atoms in total. The average Bonchev–Trinajstić information content (AvgIpc) is 3.32. The Morgan fingerprint density at radius 2 is 0.324 bits per heavy atom. The minimum Gasteiger partial charge on any atom is -1.00 e. The van der Waals surface area contributed by atoms with Crippen LogP contribution in [0.1, 0.15) is 40.5 Å². The van der Waals surface area contributed by atoms with Gasteiger partial charge in [0.1, 0.15) is 0 Å². The summed E-state index contributed by atoms with van der Waals surface area (Å²) in [5, 5.41) is 11.8. The number of halogens is 4. The van der Waals surface area contributed by atoms with Gasteiger partial charge in [-0.05, 0) is 110 Å². The Kier molecular flexibility index (Phi) is 34.6. The first-order chi connectivity index (χ1) is 30.5. The summed E-state index contributed by atoms with van der Waals surface area (Å²) in [6, 6.07) is 89.0. The minimum absolute atomic E-state index is 0. The maximum atomic E-state index is 2.46. The summed E-state index contributed by atoms with van der Waals surface area (Å²) in [6.45, 7) is 9.86. The summed E-state index contributed by atoms with van der Waals surface area (Å²) < 4.78 is 0. The smallest absolute Gasteiger partial charge is 0 e. The zero-order chi connectivity index (χ0) is 42.9. The standard InChI is InChI=1S/2C29H30P2.4HI.2Ir/c2*1-24(30(26-15-7-3-8-16-26)27-17-9-4-10-18-27)23-25(2)31(28-19-11-5-12-20-28)29-21-13-6-14-22-29;;;;;;/h2*3-22,24-25H,23H2,1-2H3;4*1H;;/p-4/t2*24-,25-;;;;;;/m00....../s1. The van der Waals surface area contributed by atoms with Gasteiger partial charge in [-0.2, -0.15) is 0 Å². The quantitative estimate of drug-likeness (QED) is 0.0997. The van der Waals surface area contributed by atoms with Crippen molar-refractivity contribution in [3.05, 3.63) is 243 Å². The summed E-state index contributed by atoms with van der Waals surface area (Å²) in [7, 11) is -1.59. The molecule has 0 N–H and O–H groups in total. The van der Waals surface area contributed by atoms with Crippen molar-refractivity contribution in [2.45, 2.75) is 63.2 Å². The summed E-state index contributed by atoms with van der Waals surface area (Å²) in [5.74, 6) is 0. The van der Waals surface area contributed by atoms with Crippen LogP contribution >= 0.6 is 31.7 Å². The minimum atomic E-state index is -0.397. The van der Waals surface area contributed by atoms with Crippen LogP contribution in [0.3, 0.4) is 0 Å². The molecule has 0 aliphatic rings. The molecule has 8 aromatic carbocycles. The predicted molar refractivity (Wildman–Crippen MR) is 283 cm³/mol. The van der Waals surface area contributed by atoms with Crippen LogP contribution in [0, 0.1) is 0 Å². The zero-order valence-electron chi connectivity index (χ0n) is 38.8. The van der Waals surface area contributed by atoms with E-state index in [1.165, 1.54) is 55.3 Å². The second-order valence-electron chi connectivity index (χ2n) is 16.0. The fraction of sp³-hybridized carbons (Fsp3) is 0.172. The van der Waals surface area contributed by atoms with Crippen molar-refractivity contribution in [2.24, 2.45) is 0 Å². The molecule has 68 heavy (non-hydrogen) atoms. The molecule has 0 saturated heterocycles. The SMILES string of the molecule is C[C@@H](C[C@H](C)P(c1ccccc1)c1ccccc1)P(c1ccccc1)c1ccccc1.C[C@@H](C[C@H](C)P(c1ccccc1)c1ccccc1)P(c1ccccc1)c1ccccc1.[I-].[I-].[I-].[I-].[Ir].[Ir]. The van der Waals surface area contributed by atoms with E-state index in [1.54, 1.807) is 0 Å². The van der Waals surface area contributed by atoms with Gasteiger partial charge in [0.05, 0.1) is 0 Å². The Bertz CT molecular complexity index is 1940. The summed E-state index contributed by atoms with van der Waals surface area (Å²) >= 11 is 0. The van der Waals surface area contributed by atoms with Crippen LogP contribution in [0.2, 0.25) is 0 Å². The van der Waals surface area contributed by atoms with E-state index < -0.39 is 31.7 Å². The van der Waals surface area contributed by atoms with Gasteiger partial charge in [0, 0.05) is 40.2 Å². The van der Waals surface area contributed by atoms with E-state index in [0.29, 0.717) is 22.6 Å². The average molecular weight is 1770 g/mol. The first-order valence-electron chi connectivity index (χ1n) is 22.0. The van der Waals surface area contributed by atoms with Crippen molar-refractivity contribution in [3.8, 4) is 0 Å². The molecule has 0 spiro atoms. The van der Waals surface area contributed by atoms with Gasteiger partial charge in [-0.25, -0.2) is 0 Å². The van der Waals surface area contributed by atoms with Crippen LogP contribution in [0.5, 0.6) is 0 Å². The van der Waals surface area contributed by atoms with Gasteiger partial charge < -0.3 is 95.9 Å². The zero-order valence-corrected chi connectivity index (χ0v) is 55.8. The van der Waals surface area contributed by atoms with Crippen molar-refractivity contribution >= 4 is 74.1 Å². The molecule has 0 aromatic heterocycles. The van der Waals surface area contributed by atoms with Gasteiger partial charge in [-0.1, -0.05) is 270 Å². The van der Waals surface area contributed by atoms with Gasteiger partial charge in [0.25, 0.3) is 0 Å². The molecule has 362 valence electrons. The second kappa shape index (κ2) is 35.8. The Morgan fingerprint density at radius 1 is 0.221 bits per heavy atom. The predicted octanol–water partition coefficient (Wildman–Crippen LogP) is 0.850. The fourth-order valence-corrected chi connectivity index (χ4v) is 20.4. The molecule has 0 bridgehead atoms. The third kappa shape index (κ3) is 19.2. The number of rotatable bonds is 16. The van der Waals surface area contributed by atoms with E-state index in [2.05, 4.69) is 270 Å². The molecular formula is C58H60I4Ir2P4-4. The van der Waals surface area contributed by atoms with E-state index in [9.17, 15) is 0 Å². The number of hydrogen-bond donors (Lipinski definition) is 0. The Hall–Kier alpha value is -0.301. The van der Waals surface area contributed by atoms with Gasteiger partial charge in [-0.15, -0.1) is 0 Å². The van der Waals surface area contributed by atoms with Crippen molar-refractivity contribution in [1.82, 2.24) is 0 Å². The number of benzene rings is 8. The molecule has 0 fully saturated rings. The maximum Gasteiger partial charge on any atom is 0 e. The monoisotopic (exact) mass is 1770 g/mol. The Labute approximate surface area is 509 Å². The first-order valence-corrected chi connectivity index (χ1v) is 27.7. The van der Waals surface area contributed by atoms with Crippen molar-refractivity contribution in [1.29, 1.82) is 0 Å². The molecule has 0 aliphatic heterocycles. The first kappa shape index (κ1) is 65.7. The molecule has 8 aromatic rings. The van der Waals surface area contributed by atoms with E-state index in [-0.39, 0.29) is 136 Å². The Balaban J connectivity index is 0.000000625. The summed E-state index contributed by atoms with van der Waals surface area (Å²) in [4.78, 5) is 0. The molecule has 0 heterocycles.